The van der Waals surface area contributed by atoms with Gasteiger partial charge in [-0.15, -0.1) is 13.2 Å². The van der Waals surface area contributed by atoms with Crippen molar-refractivity contribution in [3.63, 3.8) is 0 Å². The molecule has 0 saturated heterocycles. The number of anilines is 1. The van der Waals surface area contributed by atoms with Crippen molar-refractivity contribution in [3.8, 4) is 5.75 Å². The Kier molecular flexibility index (Phi) is 8.61. The molecule has 1 saturated carbocycles. The van der Waals surface area contributed by atoms with Crippen LogP contribution < -0.4 is 15.4 Å². The molecule has 0 radical (unpaired) electrons. The third-order valence-electron chi connectivity index (χ3n) is 5.13. The lowest BCUT2D eigenvalue weighted by atomic mass is 9.84. The van der Waals surface area contributed by atoms with Gasteiger partial charge in [-0.2, -0.15) is 0 Å². The number of alkyl halides is 3. The van der Waals surface area contributed by atoms with Gasteiger partial charge in [-0.3, -0.25) is 4.79 Å². The van der Waals surface area contributed by atoms with Crippen LogP contribution in [0.3, 0.4) is 0 Å². The molecular weight excluding hydrogens is 403 g/mol. The van der Waals surface area contributed by atoms with Gasteiger partial charge in [0.2, 0.25) is 5.91 Å². The summed E-state index contributed by atoms with van der Waals surface area (Å²) in [6, 6.07) is 4.50. The highest BCUT2D eigenvalue weighted by Gasteiger charge is 2.31. The van der Waals surface area contributed by atoms with Crippen LogP contribution in [-0.2, 0) is 4.79 Å². The van der Waals surface area contributed by atoms with E-state index in [4.69, 9.17) is 5.11 Å². The number of likely N-dealkylation sites (N-methyl/N-ethyl adjacent to an activating group) is 1. The van der Waals surface area contributed by atoms with Crippen molar-refractivity contribution in [1.29, 1.82) is 0 Å². The summed E-state index contributed by atoms with van der Waals surface area (Å²) in [7, 11) is 1.60. The van der Waals surface area contributed by atoms with Crippen LogP contribution in [-0.4, -0.2) is 54.5 Å². The van der Waals surface area contributed by atoms with Gasteiger partial charge < -0.3 is 25.4 Å². The van der Waals surface area contributed by atoms with Crippen LogP contribution in [0.2, 0.25) is 0 Å². The molecule has 1 atom stereocenters. The number of hydrogen-bond acceptors (Lipinski definition) is 4. The van der Waals surface area contributed by atoms with Crippen LogP contribution in [0.25, 0.3) is 0 Å². The van der Waals surface area contributed by atoms with E-state index < -0.39 is 18.5 Å². The van der Waals surface area contributed by atoms with Gasteiger partial charge in [-0.05, 0) is 36.6 Å². The van der Waals surface area contributed by atoms with Crippen LogP contribution in [0.4, 0.5) is 23.7 Å². The molecule has 168 valence electrons. The first-order valence-electron chi connectivity index (χ1n) is 9.98. The van der Waals surface area contributed by atoms with Crippen LogP contribution in [0.1, 0.15) is 38.5 Å². The van der Waals surface area contributed by atoms with E-state index in [0.717, 1.165) is 25.7 Å². The summed E-state index contributed by atoms with van der Waals surface area (Å²) in [6.07, 6.45) is -0.0850. The molecule has 1 aliphatic carbocycles. The fourth-order valence-electron chi connectivity index (χ4n) is 3.65. The SMILES string of the molecule is CN(CCNc1ccc(OC(F)(F)F)cc1)C(=O)[C@H](CC1CCCCC1)NC(=O)O. The van der Waals surface area contributed by atoms with Gasteiger partial charge >= 0.3 is 12.5 Å². The molecule has 1 aromatic rings. The second kappa shape index (κ2) is 10.9. The number of nitrogens with one attached hydrogen (secondary N) is 2. The molecule has 3 N–H and O–H groups in total. The Balaban J connectivity index is 1.82. The predicted octanol–water partition coefficient (Wildman–Crippen LogP) is 4.06. The lowest BCUT2D eigenvalue weighted by molar-refractivity contribution is -0.274. The molecule has 0 unspecified atom stereocenters. The average Bonchev–Trinajstić information content (AvgIpc) is 2.67. The number of carbonyl (C=O) groups excluding carboxylic acids is 1. The number of rotatable bonds is 9. The first kappa shape index (κ1) is 23.6. The second-order valence-corrected chi connectivity index (χ2v) is 7.50. The lowest BCUT2D eigenvalue weighted by Crippen LogP contribution is -2.48. The maximum atomic E-state index is 12.7. The minimum atomic E-state index is -4.74. The molecule has 0 aromatic heterocycles. The van der Waals surface area contributed by atoms with E-state index in [-0.39, 0.29) is 11.7 Å². The Bertz CT molecular complexity index is 692. The maximum Gasteiger partial charge on any atom is 0.573 e. The highest BCUT2D eigenvalue weighted by Crippen LogP contribution is 2.28. The average molecular weight is 431 g/mol. The molecule has 0 bridgehead atoms. The zero-order chi connectivity index (χ0) is 22.1. The fourth-order valence-corrected chi connectivity index (χ4v) is 3.65. The van der Waals surface area contributed by atoms with E-state index in [1.54, 1.807) is 7.05 Å². The highest BCUT2D eigenvalue weighted by molar-refractivity contribution is 5.85. The predicted molar refractivity (Wildman–Crippen MR) is 105 cm³/mol. The Labute approximate surface area is 173 Å². The van der Waals surface area contributed by atoms with E-state index in [2.05, 4.69) is 15.4 Å². The zero-order valence-corrected chi connectivity index (χ0v) is 16.9. The van der Waals surface area contributed by atoms with Crippen LogP contribution in [0.15, 0.2) is 24.3 Å². The summed E-state index contributed by atoms with van der Waals surface area (Å²) in [5.41, 5.74) is 0.577. The number of ether oxygens (including phenoxy) is 1. The Morgan fingerprint density at radius 1 is 1.20 bits per heavy atom. The Hall–Kier alpha value is -2.65. The van der Waals surface area contributed by atoms with Crippen molar-refractivity contribution in [2.45, 2.75) is 50.9 Å². The molecule has 7 nitrogen and oxygen atoms in total. The van der Waals surface area contributed by atoms with Crippen LogP contribution in [0, 0.1) is 5.92 Å². The van der Waals surface area contributed by atoms with Gasteiger partial charge in [0, 0.05) is 25.8 Å². The van der Waals surface area contributed by atoms with Gasteiger partial charge in [-0.25, -0.2) is 4.79 Å². The number of carboxylic acid groups (broad SMARTS) is 1. The summed E-state index contributed by atoms with van der Waals surface area (Å²) >= 11 is 0. The molecule has 1 aromatic carbocycles. The van der Waals surface area contributed by atoms with E-state index in [1.807, 2.05) is 0 Å². The number of benzene rings is 1. The second-order valence-electron chi connectivity index (χ2n) is 7.50. The molecule has 2 amide bonds. The van der Waals surface area contributed by atoms with Crippen molar-refractivity contribution < 1.29 is 32.6 Å². The summed E-state index contributed by atoms with van der Waals surface area (Å²) in [4.78, 5) is 25.3. The first-order valence-corrected chi connectivity index (χ1v) is 9.98. The molecule has 1 fully saturated rings. The normalized spacial score (nSPS) is 15.9. The van der Waals surface area contributed by atoms with Crippen LogP contribution >= 0.6 is 0 Å². The number of hydrogen-bond donors (Lipinski definition) is 3. The molecule has 2 rings (SSSR count). The van der Waals surface area contributed by atoms with Crippen molar-refractivity contribution >= 4 is 17.7 Å². The van der Waals surface area contributed by atoms with Gasteiger partial charge in [-0.1, -0.05) is 32.1 Å². The number of carbonyl (C=O) groups is 2. The van der Waals surface area contributed by atoms with Crippen LogP contribution in [0.5, 0.6) is 5.75 Å². The van der Waals surface area contributed by atoms with E-state index in [9.17, 15) is 22.8 Å². The number of halogens is 3. The molecule has 0 spiro atoms. The highest BCUT2D eigenvalue weighted by atomic mass is 19.4. The van der Waals surface area contributed by atoms with Gasteiger partial charge in [0.05, 0.1) is 0 Å². The number of amides is 2. The van der Waals surface area contributed by atoms with Gasteiger partial charge in [0.1, 0.15) is 11.8 Å². The molecule has 10 heteroatoms. The van der Waals surface area contributed by atoms with E-state index >= 15 is 0 Å². The third kappa shape index (κ3) is 8.38. The topological polar surface area (TPSA) is 90.9 Å². The monoisotopic (exact) mass is 431 g/mol. The van der Waals surface area contributed by atoms with Gasteiger partial charge in [0.25, 0.3) is 0 Å². The smallest absolute Gasteiger partial charge is 0.465 e. The molecule has 0 heterocycles. The standard InChI is InChI=1S/C20H28F3N3O4/c1-26(12-11-24-15-7-9-16(10-8-15)30-20(21,22)23)18(27)17(25-19(28)29)13-14-5-3-2-4-6-14/h7-10,14,17,24-25H,2-6,11-13H2,1H3,(H,28,29)/t17-/m0/s1. The van der Waals surface area contributed by atoms with Gasteiger partial charge in [0.15, 0.2) is 0 Å². The fraction of sp³-hybridized carbons (Fsp3) is 0.600. The summed E-state index contributed by atoms with van der Waals surface area (Å²) in [6.45, 7) is 0.660. The quantitative estimate of drug-likeness (QED) is 0.549. The third-order valence-corrected chi connectivity index (χ3v) is 5.13. The summed E-state index contributed by atoms with van der Waals surface area (Å²) in [5.74, 6) is -0.271. The maximum absolute atomic E-state index is 12.7. The van der Waals surface area contributed by atoms with Crippen molar-refractivity contribution in [2.75, 3.05) is 25.5 Å². The van der Waals surface area contributed by atoms with Crippen molar-refractivity contribution in [2.24, 2.45) is 5.92 Å². The number of nitrogens with zero attached hydrogens (tertiary/aromatic N) is 1. The summed E-state index contributed by atoms with van der Waals surface area (Å²) < 4.78 is 40.4. The molecule has 0 aliphatic heterocycles. The van der Waals surface area contributed by atoms with Crippen molar-refractivity contribution in [1.82, 2.24) is 10.2 Å². The molecular formula is C20H28F3N3O4. The van der Waals surface area contributed by atoms with E-state index in [1.165, 1.54) is 35.6 Å². The summed E-state index contributed by atoms with van der Waals surface area (Å²) in [5, 5.41) is 14.4. The minimum Gasteiger partial charge on any atom is -0.465 e. The minimum absolute atomic E-state index is 0.293. The van der Waals surface area contributed by atoms with Crippen molar-refractivity contribution in [3.05, 3.63) is 24.3 Å². The lowest BCUT2D eigenvalue weighted by Gasteiger charge is -2.28. The van der Waals surface area contributed by atoms with E-state index in [0.29, 0.717) is 31.1 Å². The Morgan fingerprint density at radius 3 is 2.40 bits per heavy atom. The molecule has 1 aliphatic rings. The first-order chi connectivity index (χ1) is 14.1. The largest absolute Gasteiger partial charge is 0.573 e. The molecule has 30 heavy (non-hydrogen) atoms. The Morgan fingerprint density at radius 2 is 1.83 bits per heavy atom. The zero-order valence-electron chi connectivity index (χ0n) is 16.9.